The van der Waals surface area contributed by atoms with E-state index in [4.69, 9.17) is 9.84 Å². The number of aromatic amines is 1. The standard InChI is InChI=1S/C9H11N3O4/c13-7(6-3-10-11-4-6)12-9(8(14)15)1-2-16-5-9/h3-4H,1-2,5H2,(H,10,11)(H,12,13)(H,14,15). The second kappa shape index (κ2) is 3.93. The average molecular weight is 225 g/mol. The molecule has 0 aliphatic carbocycles. The van der Waals surface area contributed by atoms with Crippen LogP contribution in [-0.2, 0) is 9.53 Å². The molecule has 0 bridgehead atoms. The molecule has 1 aromatic heterocycles. The Kier molecular flexibility index (Phi) is 2.61. The van der Waals surface area contributed by atoms with E-state index >= 15 is 0 Å². The maximum atomic E-state index is 11.7. The molecule has 7 heteroatoms. The SMILES string of the molecule is O=C(NC1(C(=O)O)CCOC1)c1cn[nH]c1. The second-order valence-electron chi connectivity index (χ2n) is 3.63. The quantitative estimate of drug-likeness (QED) is 0.636. The minimum Gasteiger partial charge on any atom is -0.479 e. The fraction of sp³-hybridized carbons (Fsp3) is 0.444. The van der Waals surface area contributed by atoms with Gasteiger partial charge in [0.1, 0.15) is 0 Å². The summed E-state index contributed by atoms with van der Waals surface area (Å²) in [4.78, 5) is 22.8. The van der Waals surface area contributed by atoms with Gasteiger partial charge in [0.05, 0.1) is 18.4 Å². The number of amides is 1. The van der Waals surface area contributed by atoms with Gasteiger partial charge in [0.25, 0.3) is 5.91 Å². The lowest BCUT2D eigenvalue weighted by Crippen LogP contribution is -2.55. The lowest BCUT2D eigenvalue weighted by atomic mass is 9.98. The molecule has 1 aliphatic rings. The van der Waals surface area contributed by atoms with Crippen LogP contribution < -0.4 is 5.32 Å². The molecular formula is C9H11N3O4. The summed E-state index contributed by atoms with van der Waals surface area (Å²) in [5.74, 6) is -1.55. The molecular weight excluding hydrogens is 214 g/mol. The number of carboxylic acids is 1. The number of ether oxygens (including phenoxy) is 1. The Balaban J connectivity index is 2.13. The highest BCUT2D eigenvalue weighted by atomic mass is 16.5. The summed E-state index contributed by atoms with van der Waals surface area (Å²) in [5.41, 5.74) is -1.01. The van der Waals surface area contributed by atoms with Gasteiger partial charge in [-0.05, 0) is 0 Å². The largest absolute Gasteiger partial charge is 0.479 e. The van der Waals surface area contributed by atoms with Gasteiger partial charge in [0.15, 0.2) is 5.54 Å². The Morgan fingerprint density at radius 3 is 2.94 bits per heavy atom. The van der Waals surface area contributed by atoms with E-state index in [-0.39, 0.29) is 13.0 Å². The summed E-state index contributed by atoms with van der Waals surface area (Å²) < 4.78 is 5.02. The topological polar surface area (TPSA) is 104 Å². The smallest absolute Gasteiger partial charge is 0.331 e. The van der Waals surface area contributed by atoms with Gasteiger partial charge in [0, 0.05) is 19.2 Å². The zero-order valence-corrected chi connectivity index (χ0v) is 8.40. The lowest BCUT2D eigenvalue weighted by Gasteiger charge is -2.23. The number of aliphatic carboxylic acids is 1. The normalized spacial score (nSPS) is 24.2. The minimum absolute atomic E-state index is 0.00801. The van der Waals surface area contributed by atoms with Crippen molar-refractivity contribution in [3.63, 3.8) is 0 Å². The van der Waals surface area contributed by atoms with E-state index in [9.17, 15) is 9.59 Å². The number of H-pyrrole nitrogens is 1. The molecule has 1 aromatic rings. The van der Waals surface area contributed by atoms with Crippen molar-refractivity contribution in [3.8, 4) is 0 Å². The molecule has 86 valence electrons. The van der Waals surface area contributed by atoms with Gasteiger partial charge in [-0.1, -0.05) is 0 Å². The molecule has 7 nitrogen and oxygen atoms in total. The first-order valence-corrected chi connectivity index (χ1v) is 4.76. The Morgan fingerprint density at radius 2 is 2.44 bits per heavy atom. The summed E-state index contributed by atoms with van der Waals surface area (Å²) in [7, 11) is 0. The monoisotopic (exact) mass is 225 g/mol. The highest BCUT2D eigenvalue weighted by Gasteiger charge is 2.44. The molecule has 0 saturated carbocycles. The predicted octanol–water partition coefficient (Wildman–Crippen LogP) is -0.617. The number of aromatic nitrogens is 2. The van der Waals surface area contributed by atoms with E-state index in [1.54, 1.807) is 0 Å². The average Bonchev–Trinajstić information content (AvgIpc) is 2.88. The second-order valence-corrected chi connectivity index (χ2v) is 3.63. The van der Waals surface area contributed by atoms with Crippen molar-refractivity contribution in [2.75, 3.05) is 13.2 Å². The number of nitrogens with zero attached hydrogens (tertiary/aromatic N) is 1. The molecule has 16 heavy (non-hydrogen) atoms. The molecule has 1 amide bonds. The summed E-state index contributed by atoms with van der Waals surface area (Å²) in [6.45, 7) is 0.323. The Labute approximate surface area is 90.8 Å². The number of rotatable bonds is 3. The molecule has 1 aliphatic heterocycles. The van der Waals surface area contributed by atoms with Crippen molar-refractivity contribution in [1.29, 1.82) is 0 Å². The van der Waals surface area contributed by atoms with Gasteiger partial charge < -0.3 is 15.2 Å². The third-order valence-corrected chi connectivity index (χ3v) is 2.54. The summed E-state index contributed by atoms with van der Waals surface area (Å²) >= 11 is 0. The van der Waals surface area contributed by atoms with Gasteiger partial charge in [-0.15, -0.1) is 0 Å². The van der Waals surface area contributed by atoms with Gasteiger partial charge in [0.2, 0.25) is 0 Å². The number of hydrogen-bond acceptors (Lipinski definition) is 4. The van der Waals surface area contributed by atoms with E-state index in [0.29, 0.717) is 12.2 Å². The fourth-order valence-electron chi connectivity index (χ4n) is 1.55. The number of carboxylic acid groups (broad SMARTS) is 1. The third kappa shape index (κ3) is 1.76. The van der Waals surface area contributed by atoms with Crippen LogP contribution in [0.2, 0.25) is 0 Å². The van der Waals surface area contributed by atoms with Gasteiger partial charge in [-0.2, -0.15) is 5.10 Å². The molecule has 1 atom stereocenters. The van der Waals surface area contributed by atoms with E-state index < -0.39 is 17.4 Å². The summed E-state index contributed by atoms with van der Waals surface area (Å²) in [5, 5.41) is 17.7. The van der Waals surface area contributed by atoms with Crippen molar-refractivity contribution < 1.29 is 19.4 Å². The molecule has 2 heterocycles. The molecule has 0 spiro atoms. The highest BCUT2D eigenvalue weighted by molar-refractivity contribution is 5.97. The molecule has 2 rings (SSSR count). The zero-order valence-electron chi connectivity index (χ0n) is 8.40. The molecule has 1 fully saturated rings. The van der Waals surface area contributed by atoms with Gasteiger partial charge in [-0.3, -0.25) is 9.89 Å². The maximum Gasteiger partial charge on any atom is 0.331 e. The van der Waals surface area contributed by atoms with E-state index in [2.05, 4.69) is 15.5 Å². The van der Waals surface area contributed by atoms with E-state index in [1.807, 2.05) is 0 Å². The lowest BCUT2D eigenvalue weighted by molar-refractivity contribution is -0.144. The number of carbonyl (C=O) groups excluding carboxylic acids is 1. The Hall–Kier alpha value is -1.89. The first-order valence-electron chi connectivity index (χ1n) is 4.76. The van der Waals surface area contributed by atoms with Crippen LogP contribution in [0.25, 0.3) is 0 Å². The van der Waals surface area contributed by atoms with Crippen molar-refractivity contribution >= 4 is 11.9 Å². The summed E-state index contributed by atoms with van der Waals surface area (Å²) in [6, 6.07) is 0. The van der Waals surface area contributed by atoms with Crippen LogP contribution in [0.1, 0.15) is 16.8 Å². The van der Waals surface area contributed by atoms with Crippen LogP contribution in [0.3, 0.4) is 0 Å². The van der Waals surface area contributed by atoms with Crippen molar-refractivity contribution in [1.82, 2.24) is 15.5 Å². The molecule has 0 aromatic carbocycles. The predicted molar refractivity (Wildman–Crippen MR) is 51.9 cm³/mol. The van der Waals surface area contributed by atoms with Crippen LogP contribution >= 0.6 is 0 Å². The molecule has 0 radical (unpaired) electrons. The van der Waals surface area contributed by atoms with Gasteiger partial charge >= 0.3 is 5.97 Å². The number of carbonyl (C=O) groups is 2. The molecule has 1 saturated heterocycles. The molecule has 1 unspecified atom stereocenters. The van der Waals surface area contributed by atoms with E-state index in [1.165, 1.54) is 12.4 Å². The first-order chi connectivity index (χ1) is 7.64. The zero-order chi connectivity index (χ0) is 11.6. The third-order valence-electron chi connectivity index (χ3n) is 2.54. The maximum absolute atomic E-state index is 11.7. The van der Waals surface area contributed by atoms with Crippen molar-refractivity contribution in [2.24, 2.45) is 0 Å². The van der Waals surface area contributed by atoms with E-state index in [0.717, 1.165) is 0 Å². The fourth-order valence-corrected chi connectivity index (χ4v) is 1.55. The highest BCUT2D eigenvalue weighted by Crippen LogP contribution is 2.19. The van der Waals surface area contributed by atoms with Crippen molar-refractivity contribution in [2.45, 2.75) is 12.0 Å². The minimum atomic E-state index is -1.31. The summed E-state index contributed by atoms with van der Waals surface area (Å²) in [6.07, 6.45) is 3.01. The van der Waals surface area contributed by atoms with Crippen LogP contribution in [0.5, 0.6) is 0 Å². The van der Waals surface area contributed by atoms with Crippen LogP contribution in [0.4, 0.5) is 0 Å². The first kappa shape index (κ1) is 10.6. The molecule has 3 N–H and O–H groups in total. The van der Waals surface area contributed by atoms with Crippen LogP contribution in [0.15, 0.2) is 12.4 Å². The number of hydrogen-bond donors (Lipinski definition) is 3. The van der Waals surface area contributed by atoms with Crippen molar-refractivity contribution in [3.05, 3.63) is 18.0 Å². The van der Waals surface area contributed by atoms with Gasteiger partial charge in [-0.25, -0.2) is 4.79 Å². The Morgan fingerprint density at radius 1 is 1.62 bits per heavy atom. The van der Waals surface area contributed by atoms with Crippen LogP contribution in [-0.4, -0.2) is 45.9 Å². The Bertz CT molecular complexity index is 395. The van der Waals surface area contributed by atoms with Crippen LogP contribution in [0, 0.1) is 0 Å². The number of nitrogens with one attached hydrogen (secondary N) is 2.